The number of hydrogen-bond donors (Lipinski definition) is 1. The molecule has 1 fully saturated rings. The molecule has 1 saturated carbocycles. The Morgan fingerprint density at radius 2 is 1.88 bits per heavy atom. The Morgan fingerprint density at radius 1 is 1.18 bits per heavy atom. The summed E-state index contributed by atoms with van der Waals surface area (Å²) in [5.41, 5.74) is 1.03. The summed E-state index contributed by atoms with van der Waals surface area (Å²) in [7, 11) is 0. The zero-order chi connectivity index (χ0) is 12.3. The molecule has 17 heavy (non-hydrogen) atoms. The number of rotatable bonds is 3. The Bertz CT molecular complexity index is 358. The second kappa shape index (κ2) is 5.97. The van der Waals surface area contributed by atoms with Gasteiger partial charge in [0.25, 0.3) is 0 Å². The maximum atomic E-state index is 5.97. The van der Waals surface area contributed by atoms with Crippen LogP contribution in [0.2, 0.25) is 10.0 Å². The van der Waals surface area contributed by atoms with Crippen LogP contribution in [-0.2, 0) is 0 Å². The average molecular weight is 272 g/mol. The molecule has 1 aliphatic rings. The molecule has 0 saturated heterocycles. The molecule has 0 amide bonds. The van der Waals surface area contributed by atoms with Gasteiger partial charge in [-0.3, -0.25) is 0 Å². The van der Waals surface area contributed by atoms with Gasteiger partial charge in [-0.05, 0) is 42.9 Å². The van der Waals surface area contributed by atoms with E-state index in [4.69, 9.17) is 23.2 Å². The average Bonchev–Trinajstić information content (AvgIpc) is 2.25. The van der Waals surface area contributed by atoms with Crippen LogP contribution in [0.25, 0.3) is 0 Å². The van der Waals surface area contributed by atoms with Crippen molar-refractivity contribution in [2.75, 3.05) is 11.9 Å². The molecule has 2 atom stereocenters. The molecule has 3 heteroatoms. The lowest BCUT2D eigenvalue weighted by Crippen LogP contribution is -2.20. The van der Waals surface area contributed by atoms with E-state index in [1.807, 2.05) is 12.1 Å². The van der Waals surface area contributed by atoms with Gasteiger partial charge in [-0.25, -0.2) is 0 Å². The molecule has 1 aromatic carbocycles. The summed E-state index contributed by atoms with van der Waals surface area (Å²) in [6, 6.07) is 5.62. The van der Waals surface area contributed by atoms with E-state index in [9.17, 15) is 0 Å². The normalized spacial score (nSPS) is 24.6. The van der Waals surface area contributed by atoms with E-state index in [1.165, 1.54) is 25.7 Å². The lowest BCUT2D eigenvalue weighted by molar-refractivity contribution is 0.293. The van der Waals surface area contributed by atoms with Gasteiger partial charge in [0.2, 0.25) is 0 Å². The Hall–Kier alpha value is -0.400. The van der Waals surface area contributed by atoms with Gasteiger partial charge in [0.1, 0.15) is 0 Å². The number of anilines is 1. The molecule has 2 rings (SSSR count). The summed E-state index contributed by atoms with van der Waals surface area (Å²) in [5.74, 6) is 1.66. The van der Waals surface area contributed by atoms with Crippen LogP contribution >= 0.6 is 23.2 Å². The van der Waals surface area contributed by atoms with Crippen LogP contribution in [0.3, 0.4) is 0 Å². The molecular formula is C14H19Cl2N. The molecule has 1 nitrogen and oxygen atoms in total. The molecular weight excluding hydrogens is 253 g/mol. The largest absolute Gasteiger partial charge is 0.385 e. The Balaban J connectivity index is 1.88. The van der Waals surface area contributed by atoms with Crippen molar-refractivity contribution in [2.45, 2.75) is 32.6 Å². The SMILES string of the molecule is CC1CCCC(CNc2cc(Cl)cc(Cl)c2)C1. The predicted molar refractivity (Wildman–Crippen MR) is 76.1 cm³/mol. The maximum Gasteiger partial charge on any atom is 0.0441 e. The van der Waals surface area contributed by atoms with E-state index < -0.39 is 0 Å². The second-order valence-corrected chi connectivity index (χ2v) is 6.05. The van der Waals surface area contributed by atoms with Crippen molar-refractivity contribution < 1.29 is 0 Å². The highest BCUT2D eigenvalue weighted by molar-refractivity contribution is 6.35. The number of halogens is 2. The quantitative estimate of drug-likeness (QED) is 0.794. The van der Waals surface area contributed by atoms with Crippen LogP contribution in [0, 0.1) is 11.8 Å². The topological polar surface area (TPSA) is 12.0 Å². The zero-order valence-corrected chi connectivity index (χ0v) is 11.7. The third-order valence-corrected chi connectivity index (χ3v) is 3.94. The highest BCUT2D eigenvalue weighted by Gasteiger charge is 2.18. The molecule has 0 aliphatic heterocycles. The number of nitrogens with one attached hydrogen (secondary N) is 1. The summed E-state index contributed by atoms with van der Waals surface area (Å²) in [6.07, 6.45) is 5.43. The van der Waals surface area contributed by atoms with Gasteiger partial charge in [-0.15, -0.1) is 0 Å². The third-order valence-electron chi connectivity index (χ3n) is 3.50. The van der Waals surface area contributed by atoms with E-state index >= 15 is 0 Å². The summed E-state index contributed by atoms with van der Waals surface area (Å²) in [4.78, 5) is 0. The van der Waals surface area contributed by atoms with Gasteiger partial charge in [-0.2, -0.15) is 0 Å². The van der Waals surface area contributed by atoms with E-state index in [0.717, 1.165) is 24.1 Å². The monoisotopic (exact) mass is 271 g/mol. The van der Waals surface area contributed by atoms with Crippen molar-refractivity contribution in [3.8, 4) is 0 Å². The van der Waals surface area contributed by atoms with Crippen molar-refractivity contribution >= 4 is 28.9 Å². The highest BCUT2D eigenvalue weighted by atomic mass is 35.5. The minimum absolute atomic E-state index is 0.692. The maximum absolute atomic E-state index is 5.97. The molecule has 0 heterocycles. The molecule has 94 valence electrons. The van der Waals surface area contributed by atoms with Crippen LogP contribution in [-0.4, -0.2) is 6.54 Å². The van der Waals surface area contributed by atoms with Gasteiger partial charge in [0.15, 0.2) is 0 Å². The molecule has 1 N–H and O–H groups in total. The number of benzene rings is 1. The van der Waals surface area contributed by atoms with Crippen molar-refractivity contribution in [3.63, 3.8) is 0 Å². The van der Waals surface area contributed by atoms with E-state index in [-0.39, 0.29) is 0 Å². The molecule has 0 bridgehead atoms. The minimum atomic E-state index is 0.692. The van der Waals surface area contributed by atoms with E-state index in [1.54, 1.807) is 6.07 Å². The van der Waals surface area contributed by atoms with Crippen molar-refractivity contribution in [2.24, 2.45) is 11.8 Å². The third kappa shape index (κ3) is 4.08. The smallest absolute Gasteiger partial charge is 0.0441 e. The van der Waals surface area contributed by atoms with Gasteiger partial charge < -0.3 is 5.32 Å². The highest BCUT2D eigenvalue weighted by Crippen LogP contribution is 2.29. The van der Waals surface area contributed by atoms with Crippen LogP contribution < -0.4 is 5.32 Å². The van der Waals surface area contributed by atoms with E-state index in [2.05, 4.69) is 12.2 Å². The summed E-state index contributed by atoms with van der Waals surface area (Å²) >= 11 is 11.9. The lowest BCUT2D eigenvalue weighted by Gasteiger charge is -2.27. The Labute approximate surface area is 114 Å². The van der Waals surface area contributed by atoms with Gasteiger partial charge >= 0.3 is 0 Å². The molecule has 0 radical (unpaired) electrons. The first-order valence-corrected chi connectivity index (χ1v) is 7.09. The van der Waals surface area contributed by atoms with E-state index in [0.29, 0.717) is 10.0 Å². The van der Waals surface area contributed by atoms with Crippen LogP contribution in [0.4, 0.5) is 5.69 Å². The molecule has 0 aromatic heterocycles. The summed E-state index contributed by atoms with van der Waals surface area (Å²) in [6.45, 7) is 3.38. The van der Waals surface area contributed by atoms with Crippen molar-refractivity contribution in [1.82, 2.24) is 0 Å². The molecule has 1 aliphatic carbocycles. The van der Waals surface area contributed by atoms with Crippen LogP contribution in [0.1, 0.15) is 32.6 Å². The van der Waals surface area contributed by atoms with Crippen molar-refractivity contribution in [3.05, 3.63) is 28.2 Å². The predicted octanol–water partition coefficient (Wildman–Crippen LogP) is 5.23. The van der Waals surface area contributed by atoms with Gasteiger partial charge in [0.05, 0.1) is 0 Å². The molecule has 0 spiro atoms. The molecule has 2 unspecified atom stereocenters. The van der Waals surface area contributed by atoms with Crippen LogP contribution in [0.15, 0.2) is 18.2 Å². The minimum Gasteiger partial charge on any atom is -0.385 e. The lowest BCUT2D eigenvalue weighted by atomic mass is 9.82. The standard InChI is InChI=1S/C14H19Cl2N/c1-10-3-2-4-11(5-10)9-17-14-7-12(15)6-13(16)8-14/h6-8,10-11,17H,2-5,9H2,1H3. The number of hydrogen-bond acceptors (Lipinski definition) is 1. The fourth-order valence-corrected chi connectivity index (χ4v) is 3.19. The first kappa shape index (κ1) is 13.0. The first-order chi connectivity index (χ1) is 8.13. The fourth-order valence-electron chi connectivity index (χ4n) is 2.66. The van der Waals surface area contributed by atoms with Crippen LogP contribution in [0.5, 0.6) is 0 Å². The van der Waals surface area contributed by atoms with Gasteiger partial charge in [0, 0.05) is 22.3 Å². The van der Waals surface area contributed by atoms with Gasteiger partial charge in [-0.1, -0.05) is 43.0 Å². The molecule has 1 aromatic rings. The Morgan fingerprint density at radius 3 is 2.53 bits per heavy atom. The first-order valence-electron chi connectivity index (χ1n) is 6.33. The zero-order valence-electron chi connectivity index (χ0n) is 10.2. The fraction of sp³-hybridized carbons (Fsp3) is 0.571. The summed E-state index contributed by atoms with van der Waals surface area (Å²) in [5, 5.41) is 4.83. The van der Waals surface area contributed by atoms with Crippen molar-refractivity contribution in [1.29, 1.82) is 0 Å². The Kier molecular flexibility index (Phi) is 4.58. The second-order valence-electron chi connectivity index (χ2n) is 5.18. The summed E-state index contributed by atoms with van der Waals surface area (Å²) < 4.78 is 0.